The minimum Gasteiger partial charge on any atom is -0.399 e. The van der Waals surface area contributed by atoms with Gasteiger partial charge in [-0.1, -0.05) is 6.07 Å². The summed E-state index contributed by atoms with van der Waals surface area (Å²) in [5, 5.41) is 0. The molecule has 0 amide bonds. The van der Waals surface area contributed by atoms with Gasteiger partial charge in [0.2, 0.25) is 0 Å². The van der Waals surface area contributed by atoms with Gasteiger partial charge in [-0.3, -0.25) is 0 Å². The zero-order valence-corrected chi connectivity index (χ0v) is 8.49. The van der Waals surface area contributed by atoms with E-state index in [4.69, 9.17) is 10.5 Å². The number of rotatable bonds is 1. The fourth-order valence-corrected chi connectivity index (χ4v) is 1.94. The van der Waals surface area contributed by atoms with Crippen molar-refractivity contribution in [2.24, 2.45) is 0 Å². The molecular formula is C12H16NO. The number of ether oxygens (including phenoxy) is 1. The Kier molecular flexibility index (Phi) is 2.73. The third-order valence-corrected chi connectivity index (χ3v) is 2.77. The second-order valence-electron chi connectivity index (χ2n) is 3.82. The zero-order chi connectivity index (χ0) is 9.97. The van der Waals surface area contributed by atoms with Crippen LogP contribution in [0.1, 0.15) is 23.5 Å². The lowest BCUT2D eigenvalue weighted by molar-refractivity contribution is 0.118. The molecule has 1 atom stereocenters. The number of benzene rings is 1. The van der Waals surface area contributed by atoms with Gasteiger partial charge < -0.3 is 10.5 Å². The second-order valence-corrected chi connectivity index (χ2v) is 3.82. The molecule has 1 aromatic carbocycles. The van der Waals surface area contributed by atoms with Crippen molar-refractivity contribution < 1.29 is 4.74 Å². The molecule has 1 aliphatic rings. The van der Waals surface area contributed by atoms with E-state index in [1.54, 1.807) is 0 Å². The van der Waals surface area contributed by atoms with Gasteiger partial charge in [-0.15, -0.1) is 0 Å². The first-order chi connectivity index (χ1) is 6.77. The molecule has 1 aromatic rings. The predicted molar refractivity (Wildman–Crippen MR) is 58.1 cm³/mol. The van der Waals surface area contributed by atoms with Crippen molar-refractivity contribution in [1.82, 2.24) is 0 Å². The number of anilines is 1. The summed E-state index contributed by atoms with van der Waals surface area (Å²) in [5.41, 5.74) is 9.32. The monoisotopic (exact) mass is 190 g/mol. The van der Waals surface area contributed by atoms with Crippen LogP contribution in [0.25, 0.3) is 0 Å². The van der Waals surface area contributed by atoms with Crippen LogP contribution in [0.5, 0.6) is 0 Å². The number of hydrogen-bond donors (Lipinski definition) is 1. The Hall–Kier alpha value is -1.02. The zero-order valence-electron chi connectivity index (χ0n) is 8.49. The van der Waals surface area contributed by atoms with Crippen LogP contribution in [0.4, 0.5) is 5.69 Å². The summed E-state index contributed by atoms with van der Waals surface area (Å²) >= 11 is 0. The molecular weight excluding hydrogens is 174 g/mol. The molecule has 0 aromatic heterocycles. The summed E-state index contributed by atoms with van der Waals surface area (Å²) in [6.07, 6.45) is 3.30. The fourth-order valence-electron chi connectivity index (χ4n) is 1.94. The summed E-state index contributed by atoms with van der Waals surface area (Å²) in [6.45, 7) is 3.76. The van der Waals surface area contributed by atoms with Gasteiger partial charge in [0.25, 0.3) is 0 Å². The molecule has 14 heavy (non-hydrogen) atoms. The highest BCUT2D eigenvalue weighted by Crippen LogP contribution is 2.29. The smallest absolute Gasteiger partial charge is 0.0503 e. The maximum absolute atomic E-state index is 5.79. The second kappa shape index (κ2) is 4.01. The van der Waals surface area contributed by atoms with Gasteiger partial charge >= 0.3 is 0 Å². The van der Waals surface area contributed by atoms with Crippen LogP contribution < -0.4 is 5.73 Å². The molecule has 2 heteroatoms. The van der Waals surface area contributed by atoms with Crippen LogP contribution in [0.2, 0.25) is 0 Å². The molecule has 1 aliphatic heterocycles. The van der Waals surface area contributed by atoms with Crippen LogP contribution >= 0.6 is 0 Å². The molecule has 0 bridgehead atoms. The molecule has 1 unspecified atom stereocenters. The Morgan fingerprint density at radius 3 is 3.00 bits per heavy atom. The summed E-state index contributed by atoms with van der Waals surface area (Å²) in [6, 6.07) is 6.13. The average molecular weight is 190 g/mol. The molecule has 2 rings (SSSR count). The first-order valence-corrected chi connectivity index (χ1v) is 5.04. The first kappa shape index (κ1) is 9.53. The predicted octanol–water partition coefficient (Wildman–Crippen LogP) is 2.29. The Morgan fingerprint density at radius 1 is 1.43 bits per heavy atom. The van der Waals surface area contributed by atoms with E-state index in [0.29, 0.717) is 5.92 Å². The Morgan fingerprint density at radius 2 is 2.29 bits per heavy atom. The standard InChI is InChI=1S/C12H16NO/c1-9-2-3-11(13)8-12(9)10-4-6-14-7-5-10/h2-4,8,10H,5-7,13H2,1H3. The highest BCUT2D eigenvalue weighted by Gasteiger charge is 2.17. The first-order valence-electron chi connectivity index (χ1n) is 5.04. The lowest BCUT2D eigenvalue weighted by Gasteiger charge is -2.23. The molecule has 1 fully saturated rings. The summed E-state index contributed by atoms with van der Waals surface area (Å²) in [4.78, 5) is 0. The van der Waals surface area contributed by atoms with E-state index in [1.807, 2.05) is 6.07 Å². The normalized spacial score (nSPS) is 18.4. The van der Waals surface area contributed by atoms with Crippen molar-refractivity contribution in [3.8, 4) is 0 Å². The van der Waals surface area contributed by atoms with E-state index in [0.717, 1.165) is 25.3 Å². The molecule has 1 radical (unpaired) electrons. The number of aryl methyl sites for hydroxylation is 1. The molecule has 75 valence electrons. The average Bonchev–Trinajstić information content (AvgIpc) is 2.23. The van der Waals surface area contributed by atoms with Gasteiger partial charge in [-0.05, 0) is 48.9 Å². The molecule has 1 heterocycles. The van der Waals surface area contributed by atoms with E-state index < -0.39 is 0 Å². The molecule has 0 saturated carbocycles. The molecule has 0 spiro atoms. The largest absolute Gasteiger partial charge is 0.399 e. The van der Waals surface area contributed by atoms with Gasteiger partial charge in [0.1, 0.15) is 0 Å². The van der Waals surface area contributed by atoms with Crippen LogP contribution in [-0.2, 0) is 4.74 Å². The van der Waals surface area contributed by atoms with Gasteiger partial charge in [0.05, 0.1) is 6.61 Å². The lowest BCUT2D eigenvalue weighted by atomic mass is 9.88. The maximum atomic E-state index is 5.79. The van der Waals surface area contributed by atoms with Crippen molar-refractivity contribution in [2.45, 2.75) is 19.3 Å². The van der Waals surface area contributed by atoms with Gasteiger partial charge in [0, 0.05) is 12.3 Å². The number of nitrogens with two attached hydrogens (primary N) is 1. The van der Waals surface area contributed by atoms with Gasteiger partial charge in [-0.25, -0.2) is 0 Å². The van der Waals surface area contributed by atoms with E-state index in [-0.39, 0.29) is 0 Å². The van der Waals surface area contributed by atoms with Crippen molar-refractivity contribution >= 4 is 5.69 Å². The maximum Gasteiger partial charge on any atom is 0.0503 e. The summed E-state index contributed by atoms with van der Waals surface area (Å²) < 4.78 is 5.30. The minimum atomic E-state index is 0.521. The van der Waals surface area contributed by atoms with E-state index >= 15 is 0 Å². The quantitative estimate of drug-likeness (QED) is 0.689. The Bertz CT molecular complexity index is 316. The highest BCUT2D eigenvalue weighted by atomic mass is 16.5. The number of hydrogen-bond acceptors (Lipinski definition) is 2. The van der Waals surface area contributed by atoms with E-state index in [9.17, 15) is 0 Å². The third kappa shape index (κ3) is 1.90. The van der Waals surface area contributed by atoms with Crippen molar-refractivity contribution in [2.75, 3.05) is 18.9 Å². The topological polar surface area (TPSA) is 35.2 Å². The Labute approximate surface area is 85.1 Å². The SMILES string of the molecule is Cc1ccc(N)cc1C1[CH]COCC1. The van der Waals surface area contributed by atoms with Crippen LogP contribution in [0.3, 0.4) is 0 Å². The number of nitrogen functional groups attached to an aromatic ring is 1. The van der Waals surface area contributed by atoms with E-state index in [1.165, 1.54) is 11.1 Å². The Balaban J connectivity index is 2.24. The van der Waals surface area contributed by atoms with Crippen molar-refractivity contribution in [3.05, 3.63) is 35.7 Å². The molecule has 0 aliphatic carbocycles. The van der Waals surface area contributed by atoms with Gasteiger partial charge in [0.15, 0.2) is 0 Å². The summed E-state index contributed by atoms with van der Waals surface area (Å²) in [7, 11) is 0. The fraction of sp³-hybridized carbons (Fsp3) is 0.417. The van der Waals surface area contributed by atoms with E-state index in [2.05, 4.69) is 25.5 Å². The van der Waals surface area contributed by atoms with Crippen LogP contribution in [0, 0.1) is 13.3 Å². The molecule has 2 N–H and O–H groups in total. The van der Waals surface area contributed by atoms with Gasteiger partial charge in [-0.2, -0.15) is 0 Å². The minimum absolute atomic E-state index is 0.521. The van der Waals surface area contributed by atoms with Crippen molar-refractivity contribution in [3.63, 3.8) is 0 Å². The van der Waals surface area contributed by atoms with Crippen LogP contribution in [0.15, 0.2) is 18.2 Å². The van der Waals surface area contributed by atoms with Crippen molar-refractivity contribution in [1.29, 1.82) is 0 Å². The third-order valence-electron chi connectivity index (χ3n) is 2.77. The highest BCUT2D eigenvalue weighted by molar-refractivity contribution is 5.46. The summed E-state index contributed by atoms with van der Waals surface area (Å²) in [5.74, 6) is 0.521. The molecule has 2 nitrogen and oxygen atoms in total. The molecule has 1 saturated heterocycles. The lowest BCUT2D eigenvalue weighted by Crippen LogP contribution is -2.15. The van der Waals surface area contributed by atoms with Crippen LogP contribution in [-0.4, -0.2) is 13.2 Å².